The lowest BCUT2D eigenvalue weighted by atomic mass is 9.97. The van der Waals surface area contributed by atoms with E-state index < -0.39 is 5.97 Å². The zero-order chi connectivity index (χ0) is 15.6. The fourth-order valence-electron chi connectivity index (χ4n) is 2.82. The Kier molecular flexibility index (Phi) is 5.22. The van der Waals surface area contributed by atoms with Crippen LogP contribution in [-0.4, -0.2) is 54.7 Å². The fourth-order valence-corrected chi connectivity index (χ4v) is 3.93. The van der Waals surface area contributed by atoms with Crippen molar-refractivity contribution in [3.05, 3.63) is 10.6 Å². The lowest BCUT2D eigenvalue weighted by Crippen LogP contribution is -2.37. The smallest absolute Gasteiger partial charge is 0.347 e. The van der Waals surface area contributed by atoms with Gasteiger partial charge in [-0.05, 0) is 38.8 Å². The number of thiazole rings is 1. The number of aromatic carboxylic acids is 1. The summed E-state index contributed by atoms with van der Waals surface area (Å²) >= 11 is 1.32. The molecular weight excluding hydrogens is 286 g/mol. The van der Waals surface area contributed by atoms with Crippen LogP contribution in [0.25, 0.3) is 0 Å². The van der Waals surface area contributed by atoms with Crippen LogP contribution in [0, 0.1) is 5.92 Å². The molecule has 0 aliphatic carbocycles. The number of aromatic nitrogens is 1. The first-order valence-electron chi connectivity index (χ1n) is 7.52. The quantitative estimate of drug-likeness (QED) is 0.906. The Morgan fingerprint density at radius 3 is 2.48 bits per heavy atom. The molecule has 0 unspecified atom stereocenters. The zero-order valence-corrected chi connectivity index (χ0v) is 14.1. The summed E-state index contributed by atoms with van der Waals surface area (Å²) in [5.74, 6) is 0.0250. The topological polar surface area (TPSA) is 56.7 Å². The molecule has 118 valence electrons. The molecule has 6 heteroatoms. The third-order valence-electron chi connectivity index (χ3n) is 3.89. The number of piperidine rings is 1. The van der Waals surface area contributed by atoms with Crippen LogP contribution in [0.3, 0.4) is 0 Å². The highest BCUT2D eigenvalue weighted by Gasteiger charge is 2.25. The molecule has 0 spiro atoms. The van der Waals surface area contributed by atoms with E-state index in [1.54, 1.807) is 0 Å². The molecule has 2 rings (SSSR count). The Morgan fingerprint density at radius 2 is 2.05 bits per heavy atom. The number of carboxylic acids is 1. The van der Waals surface area contributed by atoms with Gasteiger partial charge in [-0.15, -0.1) is 0 Å². The molecule has 1 fully saturated rings. The van der Waals surface area contributed by atoms with Gasteiger partial charge in [-0.2, -0.15) is 0 Å². The van der Waals surface area contributed by atoms with Gasteiger partial charge in [-0.1, -0.05) is 25.2 Å². The van der Waals surface area contributed by atoms with E-state index in [0.29, 0.717) is 4.88 Å². The second-order valence-electron chi connectivity index (χ2n) is 6.36. The maximum Gasteiger partial charge on any atom is 0.347 e. The number of hydrogen-bond acceptors (Lipinski definition) is 5. The predicted molar refractivity (Wildman–Crippen MR) is 86.7 cm³/mol. The minimum atomic E-state index is -0.857. The number of rotatable bonds is 5. The summed E-state index contributed by atoms with van der Waals surface area (Å²) in [6.45, 7) is 7.07. The van der Waals surface area contributed by atoms with Crippen molar-refractivity contribution in [2.45, 2.75) is 32.6 Å². The molecule has 5 nitrogen and oxygen atoms in total. The van der Waals surface area contributed by atoms with Crippen LogP contribution >= 0.6 is 11.3 Å². The number of hydrogen-bond donors (Lipinski definition) is 1. The molecule has 1 aliphatic heterocycles. The maximum absolute atomic E-state index is 11.3. The van der Waals surface area contributed by atoms with Crippen LogP contribution in [0.4, 0.5) is 5.13 Å². The molecule has 1 saturated heterocycles. The zero-order valence-electron chi connectivity index (χ0n) is 13.3. The second kappa shape index (κ2) is 6.75. The fraction of sp³-hybridized carbons (Fsp3) is 0.733. The van der Waals surface area contributed by atoms with E-state index in [0.717, 1.165) is 49.2 Å². The maximum atomic E-state index is 11.3. The van der Waals surface area contributed by atoms with Gasteiger partial charge < -0.3 is 14.9 Å². The van der Waals surface area contributed by atoms with Gasteiger partial charge in [0, 0.05) is 19.6 Å². The monoisotopic (exact) mass is 311 g/mol. The normalized spacial score (nSPS) is 17.0. The van der Waals surface area contributed by atoms with Crippen LogP contribution in [0.15, 0.2) is 0 Å². The van der Waals surface area contributed by atoms with Gasteiger partial charge in [0.2, 0.25) is 0 Å². The van der Waals surface area contributed by atoms with E-state index in [1.165, 1.54) is 11.3 Å². The molecule has 0 saturated carbocycles. The number of carboxylic acid groups (broad SMARTS) is 1. The van der Waals surface area contributed by atoms with Gasteiger partial charge in [0.15, 0.2) is 5.13 Å². The number of carbonyl (C=O) groups is 1. The first-order valence-corrected chi connectivity index (χ1v) is 8.33. The summed E-state index contributed by atoms with van der Waals surface area (Å²) < 4.78 is 0. The van der Waals surface area contributed by atoms with E-state index in [9.17, 15) is 9.90 Å². The van der Waals surface area contributed by atoms with E-state index in [2.05, 4.69) is 28.9 Å². The van der Waals surface area contributed by atoms with Crippen molar-refractivity contribution in [3.63, 3.8) is 0 Å². The molecule has 0 radical (unpaired) electrons. The van der Waals surface area contributed by atoms with Crippen LogP contribution in [-0.2, 0) is 0 Å². The van der Waals surface area contributed by atoms with Crippen LogP contribution < -0.4 is 4.90 Å². The van der Waals surface area contributed by atoms with E-state index in [-0.39, 0.29) is 5.92 Å². The lowest BCUT2D eigenvalue weighted by molar-refractivity contribution is 0.0700. The summed E-state index contributed by atoms with van der Waals surface area (Å²) in [5, 5.41) is 10.2. The molecule has 0 bridgehead atoms. The van der Waals surface area contributed by atoms with Gasteiger partial charge in [0.05, 0.1) is 5.69 Å². The molecule has 0 amide bonds. The molecule has 1 N–H and O–H groups in total. The van der Waals surface area contributed by atoms with Gasteiger partial charge in [0.1, 0.15) is 4.88 Å². The minimum absolute atomic E-state index is 0.146. The van der Waals surface area contributed by atoms with Crippen molar-refractivity contribution in [2.75, 3.05) is 38.6 Å². The van der Waals surface area contributed by atoms with Gasteiger partial charge in [0.25, 0.3) is 0 Å². The largest absolute Gasteiger partial charge is 0.477 e. The Labute approximate surface area is 130 Å². The SMILES string of the molecule is CC(C)c1nc(N2CCC(CN(C)C)CC2)sc1C(=O)O. The Hall–Kier alpha value is -1.14. The minimum Gasteiger partial charge on any atom is -0.477 e. The molecule has 1 aliphatic rings. The average Bonchev–Trinajstić information content (AvgIpc) is 2.84. The highest BCUT2D eigenvalue weighted by atomic mass is 32.1. The Balaban J connectivity index is 2.07. The number of nitrogens with zero attached hydrogens (tertiary/aromatic N) is 3. The van der Waals surface area contributed by atoms with Crippen molar-refractivity contribution in [1.29, 1.82) is 0 Å². The first kappa shape index (κ1) is 16.2. The third kappa shape index (κ3) is 3.95. The summed E-state index contributed by atoms with van der Waals surface area (Å²) in [5.41, 5.74) is 0.720. The number of anilines is 1. The van der Waals surface area contributed by atoms with Crippen LogP contribution in [0.5, 0.6) is 0 Å². The molecule has 0 atom stereocenters. The highest BCUT2D eigenvalue weighted by Crippen LogP contribution is 2.33. The van der Waals surface area contributed by atoms with Crippen molar-refractivity contribution >= 4 is 22.4 Å². The van der Waals surface area contributed by atoms with Gasteiger partial charge in [-0.3, -0.25) is 0 Å². The third-order valence-corrected chi connectivity index (χ3v) is 5.01. The first-order chi connectivity index (χ1) is 9.88. The standard InChI is InChI=1S/C15H25N3O2S/c1-10(2)12-13(14(19)20)21-15(16-12)18-7-5-11(6-8-18)9-17(3)4/h10-11H,5-9H2,1-4H3,(H,19,20). The summed E-state index contributed by atoms with van der Waals surface area (Å²) in [7, 11) is 4.22. The van der Waals surface area contributed by atoms with Crippen molar-refractivity contribution in [3.8, 4) is 0 Å². The highest BCUT2D eigenvalue weighted by molar-refractivity contribution is 7.17. The van der Waals surface area contributed by atoms with Gasteiger partial charge >= 0.3 is 5.97 Å². The van der Waals surface area contributed by atoms with Crippen molar-refractivity contribution in [1.82, 2.24) is 9.88 Å². The van der Waals surface area contributed by atoms with Crippen LogP contribution in [0.1, 0.15) is 48.0 Å². The molecule has 2 heterocycles. The summed E-state index contributed by atoms with van der Waals surface area (Å²) in [6.07, 6.45) is 2.30. The van der Waals surface area contributed by atoms with Crippen molar-refractivity contribution < 1.29 is 9.90 Å². The second-order valence-corrected chi connectivity index (χ2v) is 7.34. The van der Waals surface area contributed by atoms with Gasteiger partial charge in [-0.25, -0.2) is 9.78 Å². The molecule has 1 aromatic heterocycles. The molecule has 1 aromatic rings. The average molecular weight is 311 g/mol. The molecular formula is C15H25N3O2S. The Bertz CT molecular complexity index is 491. The predicted octanol–water partition coefficient (Wildman–Crippen LogP) is 2.74. The summed E-state index contributed by atoms with van der Waals surface area (Å²) in [6, 6.07) is 0. The summed E-state index contributed by atoms with van der Waals surface area (Å²) in [4.78, 5) is 20.8. The van der Waals surface area contributed by atoms with E-state index >= 15 is 0 Å². The Morgan fingerprint density at radius 1 is 1.43 bits per heavy atom. The molecule has 0 aromatic carbocycles. The van der Waals surface area contributed by atoms with E-state index in [4.69, 9.17) is 0 Å². The lowest BCUT2D eigenvalue weighted by Gasteiger charge is -2.33. The van der Waals surface area contributed by atoms with Crippen molar-refractivity contribution in [2.24, 2.45) is 5.92 Å². The van der Waals surface area contributed by atoms with Crippen LogP contribution in [0.2, 0.25) is 0 Å². The molecule has 21 heavy (non-hydrogen) atoms. The van der Waals surface area contributed by atoms with E-state index in [1.807, 2.05) is 13.8 Å².